The monoisotopic (exact) mass is 210 g/mol. The third-order valence-electron chi connectivity index (χ3n) is 4.00. The van der Waals surface area contributed by atoms with E-state index in [1.165, 1.54) is 12.8 Å². The molecular weight excluding hydrogens is 192 g/mol. The fourth-order valence-corrected chi connectivity index (χ4v) is 3.18. The van der Waals surface area contributed by atoms with Gasteiger partial charge in [-0.3, -0.25) is 0 Å². The molecule has 0 amide bonds. The van der Waals surface area contributed by atoms with Crippen LogP contribution >= 0.6 is 0 Å². The molecule has 0 aromatic rings. The van der Waals surface area contributed by atoms with Gasteiger partial charge in [0, 0.05) is 36.5 Å². The minimum absolute atomic E-state index is 0.163. The van der Waals surface area contributed by atoms with Crippen molar-refractivity contribution in [1.29, 1.82) is 0 Å². The second-order valence-corrected chi connectivity index (χ2v) is 4.80. The molecule has 0 bridgehead atoms. The Morgan fingerprint density at radius 2 is 2.47 bits per heavy atom. The Morgan fingerprint density at radius 1 is 1.60 bits per heavy atom. The van der Waals surface area contributed by atoms with Gasteiger partial charge in [-0.25, -0.2) is 0 Å². The van der Waals surface area contributed by atoms with Gasteiger partial charge in [-0.05, 0) is 24.3 Å². The number of hydrogen-bond acceptors (Lipinski definition) is 3. The highest BCUT2D eigenvalue weighted by atomic mass is 16.3. The highest BCUT2D eigenvalue weighted by Gasteiger charge is 2.48. The van der Waals surface area contributed by atoms with E-state index in [1.54, 1.807) is 0 Å². The Bertz CT molecular complexity index is 277. The van der Waals surface area contributed by atoms with E-state index in [1.807, 2.05) is 0 Å². The lowest BCUT2D eigenvalue weighted by molar-refractivity contribution is 0.112. The largest absolute Gasteiger partial charge is 0.396 e. The smallest absolute Gasteiger partial charge is 0.0502 e. The molecule has 0 aromatic heterocycles. The SMILES string of the molecule is [N-]=[N+]=NCCN1C[C@@H]2CCC[C@]2(CO)C1. The second-order valence-electron chi connectivity index (χ2n) is 4.80. The maximum absolute atomic E-state index is 9.51. The lowest BCUT2D eigenvalue weighted by Gasteiger charge is -2.26. The average molecular weight is 210 g/mol. The van der Waals surface area contributed by atoms with Crippen molar-refractivity contribution >= 4 is 0 Å². The van der Waals surface area contributed by atoms with E-state index in [0.717, 1.165) is 26.1 Å². The van der Waals surface area contributed by atoms with Crippen molar-refractivity contribution in [1.82, 2.24) is 4.90 Å². The molecule has 0 unspecified atom stereocenters. The third-order valence-corrected chi connectivity index (χ3v) is 4.00. The molecule has 1 aliphatic heterocycles. The number of likely N-dealkylation sites (tertiary alicyclic amines) is 1. The molecule has 84 valence electrons. The quantitative estimate of drug-likeness (QED) is 0.432. The fourth-order valence-electron chi connectivity index (χ4n) is 3.18. The van der Waals surface area contributed by atoms with Crippen LogP contribution in [0.25, 0.3) is 10.4 Å². The van der Waals surface area contributed by atoms with Gasteiger partial charge in [0.15, 0.2) is 0 Å². The van der Waals surface area contributed by atoms with E-state index >= 15 is 0 Å². The average Bonchev–Trinajstić information content (AvgIpc) is 2.74. The first-order valence-electron chi connectivity index (χ1n) is 5.65. The molecule has 15 heavy (non-hydrogen) atoms. The number of fused-ring (bicyclic) bond motifs is 1. The van der Waals surface area contributed by atoms with Gasteiger partial charge >= 0.3 is 0 Å². The molecule has 1 aliphatic carbocycles. The number of nitrogens with zero attached hydrogens (tertiary/aromatic N) is 4. The minimum atomic E-state index is 0.163. The molecular formula is C10H18N4O. The van der Waals surface area contributed by atoms with Crippen molar-refractivity contribution in [2.75, 3.05) is 32.8 Å². The Labute approximate surface area is 89.7 Å². The van der Waals surface area contributed by atoms with Crippen LogP contribution in [-0.4, -0.2) is 42.8 Å². The Morgan fingerprint density at radius 3 is 3.13 bits per heavy atom. The van der Waals surface area contributed by atoms with Crippen molar-refractivity contribution in [3.63, 3.8) is 0 Å². The van der Waals surface area contributed by atoms with E-state index in [4.69, 9.17) is 5.53 Å². The summed E-state index contributed by atoms with van der Waals surface area (Å²) in [5, 5.41) is 13.1. The first-order valence-corrected chi connectivity index (χ1v) is 5.65. The summed E-state index contributed by atoms with van der Waals surface area (Å²) in [6.45, 7) is 3.75. The van der Waals surface area contributed by atoms with Crippen LogP contribution in [0, 0.1) is 11.3 Å². The summed E-state index contributed by atoms with van der Waals surface area (Å²) >= 11 is 0. The lowest BCUT2D eigenvalue weighted by Crippen LogP contribution is -2.31. The lowest BCUT2D eigenvalue weighted by atomic mass is 9.82. The molecule has 1 N–H and O–H groups in total. The maximum atomic E-state index is 9.51. The van der Waals surface area contributed by atoms with E-state index in [-0.39, 0.29) is 5.41 Å². The number of hydrogen-bond donors (Lipinski definition) is 1. The number of rotatable bonds is 4. The third kappa shape index (κ3) is 1.95. The topological polar surface area (TPSA) is 72.2 Å². The molecule has 2 rings (SSSR count). The standard InChI is InChI=1S/C10H18N4O/c11-13-12-4-5-14-6-9-2-1-3-10(9,7-14)8-15/h9,15H,1-8H2/t9-,10+/m0/s1. The molecule has 2 fully saturated rings. The van der Waals surface area contributed by atoms with Crippen LogP contribution in [0.2, 0.25) is 0 Å². The Balaban J connectivity index is 1.90. The van der Waals surface area contributed by atoms with E-state index < -0.39 is 0 Å². The van der Waals surface area contributed by atoms with E-state index in [9.17, 15) is 5.11 Å². The van der Waals surface area contributed by atoms with Crippen LogP contribution in [0.4, 0.5) is 0 Å². The predicted octanol–water partition coefficient (Wildman–Crippen LogP) is 1.39. The second kappa shape index (κ2) is 4.39. The Hall–Kier alpha value is -0.770. The summed E-state index contributed by atoms with van der Waals surface area (Å²) in [5.41, 5.74) is 8.36. The zero-order valence-electron chi connectivity index (χ0n) is 8.97. The van der Waals surface area contributed by atoms with Crippen molar-refractivity contribution in [2.24, 2.45) is 16.4 Å². The number of aliphatic hydroxyl groups excluding tert-OH is 1. The molecule has 0 aromatic carbocycles. The van der Waals surface area contributed by atoms with Gasteiger partial charge in [0.2, 0.25) is 0 Å². The van der Waals surface area contributed by atoms with Crippen LogP contribution in [0.1, 0.15) is 19.3 Å². The van der Waals surface area contributed by atoms with Crippen LogP contribution < -0.4 is 0 Å². The van der Waals surface area contributed by atoms with Crippen molar-refractivity contribution in [2.45, 2.75) is 19.3 Å². The van der Waals surface area contributed by atoms with Gasteiger partial charge in [0.25, 0.3) is 0 Å². The van der Waals surface area contributed by atoms with Crippen LogP contribution in [0.15, 0.2) is 5.11 Å². The number of aliphatic hydroxyl groups is 1. The highest BCUT2D eigenvalue weighted by molar-refractivity contribution is 5.00. The number of azide groups is 1. The molecule has 2 aliphatic rings. The van der Waals surface area contributed by atoms with Crippen LogP contribution in [-0.2, 0) is 0 Å². The first kappa shape index (κ1) is 10.7. The van der Waals surface area contributed by atoms with Gasteiger partial charge < -0.3 is 10.0 Å². The van der Waals surface area contributed by atoms with Gasteiger partial charge in [-0.1, -0.05) is 11.5 Å². The van der Waals surface area contributed by atoms with Gasteiger partial charge in [0.1, 0.15) is 0 Å². The van der Waals surface area contributed by atoms with E-state index in [2.05, 4.69) is 14.9 Å². The van der Waals surface area contributed by atoms with Crippen molar-refractivity contribution < 1.29 is 5.11 Å². The molecule has 1 saturated carbocycles. The van der Waals surface area contributed by atoms with Crippen LogP contribution in [0.5, 0.6) is 0 Å². The summed E-state index contributed by atoms with van der Waals surface area (Å²) in [6.07, 6.45) is 3.67. The maximum Gasteiger partial charge on any atom is 0.0502 e. The zero-order valence-corrected chi connectivity index (χ0v) is 8.97. The molecule has 1 heterocycles. The molecule has 0 spiro atoms. The minimum Gasteiger partial charge on any atom is -0.396 e. The molecule has 5 heteroatoms. The zero-order chi connectivity index (χ0) is 10.7. The van der Waals surface area contributed by atoms with Gasteiger partial charge in [-0.15, -0.1) is 0 Å². The van der Waals surface area contributed by atoms with Crippen molar-refractivity contribution in [3.05, 3.63) is 10.4 Å². The molecule has 5 nitrogen and oxygen atoms in total. The van der Waals surface area contributed by atoms with Gasteiger partial charge in [-0.2, -0.15) is 0 Å². The van der Waals surface area contributed by atoms with Gasteiger partial charge in [0.05, 0.1) is 6.61 Å². The van der Waals surface area contributed by atoms with Crippen molar-refractivity contribution in [3.8, 4) is 0 Å². The normalized spacial score (nSPS) is 35.1. The summed E-state index contributed by atoms with van der Waals surface area (Å²) < 4.78 is 0. The summed E-state index contributed by atoms with van der Waals surface area (Å²) in [6, 6.07) is 0. The molecule has 0 radical (unpaired) electrons. The van der Waals surface area contributed by atoms with E-state index in [0.29, 0.717) is 19.1 Å². The first-order chi connectivity index (χ1) is 7.30. The summed E-state index contributed by atoms with van der Waals surface area (Å²) in [5.74, 6) is 0.661. The molecule has 2 atom stereocenters. The fraction of sp³-hybridized carbons (Fsp3) is 1.00. The molecule has 1 saturated heterocycles. The Kier molecular flexibility index (Phi) is 3.14. The highest BCUT2D eigenvalue weighted by Crippen LogP contribution is 2.48. The van der Waals surface area contributed by atoms with Crippen LogP contribution in [0.3, 0.4) is 0 Å². The summed E-state index contributed by atoms with van der Waals surface area (Å²) in [4.78, 5) is 5.08. The predicted molar refractivity (Wildman–Crippen MR) is 57.3 cm³/mol. The summed E-state index contributed by atoms with van der Waals surface area (Å²) in [7, 11) is 0.